The van der Waals surface area contributed by atoms with Crippen LogP contribution < -0.4 is 10.1 Å². The van der Waals surface area contributed by atoms with Gasteiger partial charge >= 0.3 is 0 Å². The molecule has 4 aromatic heterocycles. The highest BCUT2D eigenvalue weighted by molar-refractivity contribution is 5.71. The predicted molar refractivity (Wildman–Crippen MR) is 108 cm³/mol. The Morgan fingerprint density at radius 1 is 1.28 bits per heavy atom. The number of rotatable bonds is 7. The van der Waals surface area contributed by atoms with E-state index in [1.165, 1.54) is 0 Å². The van der Waals surface area contributed by atoms with Crippen molar-refractivity contribution in [3.05, 3.63) is 48.3 Å². The lowest BCUT2D eigenvalue weighted by molar-refractivity contribution is 0.155. The topological polar surface area (TPSA) is 109 Å². The second-order valence-electron chi connectivity index (χ2n) is 7.92. The summed E-state index contributed by atoms with van der Waals surface area (Å²) >= 11 is 0. The summed E-state index contributed by atoms with van der Waals surface area (Å²) < 4.78 is 7.78. The molecule has 0 saturated heterocycles. The van der Waals surface area contributed by atoms with Gasteiger partial charge in [-0.3, -0.25) is 10.2 Å². The van der Waals surface area contributed by atoms with E-state index in [0.29, 0.717) is 17.8 Å². The minimum Gasteiger partial charge on any atom is -0.490 e. The summed E-state index contributed by atoms with van der Waals surface area (Å²) in [5, 5.41) is 22.2. The van der Waals surface area contributed by atoms with Crippen molar-refractivity contribution in [3.63, 3.8) is 0 Å². The molecule has 0 unspecified atom stereocenters. The molecule has 0 atom stereocenters. The van der Waals surface area contributed by atoms with Crippen molar-refractivity contribution < 1.29 is 4.74 Å². The molecule has 150 valence electrons. The maximum Gasteiger partial charge on any atom is 0.160 e. The fraction of sp³-hybridized carbons (Fsp3) is 0.400. The third-order valence-electron chi connectivity index (χ3n) is 5.53. The molecule has 0 bridgehead atoms. The number of hydrogen-bond donors (Lipinski definition) is 3. The first-order chi connectivity index (χ1) is 14.2. The van der Waals surface area contributed by atoms with Crippen LogP contribution in [0.3, 0.4) is 0 Å². The predicted octanol–water partition coefficient (Wildman–Crippen LogP) is 3.62. The molecule has 4 heterocycles. The van der Waals surface area contributed by atoms with Crippen LogP contribution >= 0.6 is 0 Å². The lowest BCUT2D eigenvalue weighted by atomic mass is 9.74. The van der Waals surface area contributed by atoms with Crippen LogP contribution in [0, 0.1) is 5.92 Å². The number of anilines is 2. The van der Waals surface area contributed by atoms with E-state index in [1.807, 2.05) is 12.3 Å². The van der Waals surface area contributed by atoms with E-state index >= 15 is 0 Å². The summed E-state index contributed by atoms with van der Waals surface area (Å²) in [6.45, 7) is 4.99. The zero-order valence-corrected chi connectivity index (χ0v) is 16.5. The third kappa shape index (κ3) is 3.43. The summed E-state index contributed by atoms with van der Waals surface area (Å²) in [7, 11) is 0. The van der Waals surface area contributed by atoms with Crippen molar-refractivity contribution in [3.8, 4) is 5.75 Å². The summed E-state index contributed by atoms with van der Waals surface area (Å²) in [5.74, 6) is 3.79. The number of ether oxygens (including phenoxy) is 1. The Hall–Kier alpha value is -3.36. The average Bonchev–Trinajstić information content (AvgIpc) is 3.41. The Labute approximate surface area is 167 Å². The maximum absolute atomic E-state index is 6.00. The molecule has 4 aromatic rings. The molecule has 3 N–H and O–H groups in total. The summed E-state index contributed by atoms with van der Waals surface area (Å²) in [6, 6.07) is 3.99. The van der Waals surface area contributed by atoms with Crippen molar-refractivity contribution in [1.82, 2.24) is 35.0 Å². The number of aromatic nitrogens is 7. The standard InChI is InChI=1S/C20H24N8O/c1-12(2)19-17(10-22-27-19)29-11-13-7-14(8-13)15-9-18(26-25-15)24-20-16-3-4-23-28(16)6-5-21-20/h3-6,9-10,12-14H,7-8,11H2,1-2H3,(H,22,27)(H2,21,24,25,26). The number of hydrogen-bond acceptors (Lipinski definition) is 6. The molecule has 0 spiro atoms. The van der Waals surface area contributed by atoms with Crippen molar-refractivity contribution in [1.29, 1.82) is 0 Å². The Balaban J connectivity index is 1.16. The van der Waals surface area contributed by atoms with Gasteiger partial charge in [0, 0.05) is 30.1 Å². The Morgan fingerprint density at radius 3 is 3.03 bits per heavy atom. The number of aromatic amines is 2. The Morgan fingerprint density at radius 2 is 2.17 bits per heavy atom. The van der Waals surface area contributed by atoms with Gasteiger partial charge < -0.3 is 10.1 Å². The SMILES string of the molecule is CC(C)c1[nH]ncc1OCC1CC(c2cc(Nc3nccn4nccc34)n[nH]2)C1. The Bertz CT molecular complexity index is 1100. The third-order valence-corrected chi connectivity index (χ3v) is 5.53. The number of fused-ring (bicyclic) bond motifs is 1. The highest BCUT2D eigenvalue weighted by atomic mass is 16.5. The van der Waals surface area contributed by atoms with Crippen LogP contribution in [-0.2, 0) is 0 Å². The fourth-order valence-electron chi connectivity index (χ4n) is 3.83. The van der Waals surface area contributed by atoms with Gasteiger partial charge in [-0.15, -0.1) is 0 Å². The summed E-state index contributed by atoms with van der Waals surface area (Å²) in [4.78, 5) is 4.39. The zero-order chi connectivity index (χ0) is 19.8. The van der Waals surface area contributed by atoms with Crippen LogP contribution in [0.25, 0.3) is 5.52 Å². The van der Waals surface area contributed by atoms with Crippen LogP contribution in [-0.4, -0.2) is 41.6 Å². The molecular formula is C20H24N8O. The largest absolute Gasteiger partial charge is 0.490 e. The molecule has 1 aliphatic rings. The van der Waals surface area contributed by atoms with Crippen LogP contribution in [0.2, 0.25) is 0 Å². The molecule has 1 fully saturated rings. The number of H-pyrrole nitrogens is 2. The van der Waals surface area contributed by atoms with Gasteiger partial charge in [0.05, 0.1) is 24.7 Å². The monoisotopic (exact) mass is 392 g/mol. The van der Waals surface area contributed by atoms with E-state index < -0.39 is 0 Å². The molecule has 29 heavy (non-hydrogen) atoms. The lowest BCUT2D eigenvalue weighted by Crippen LogP contribution is -2.27. The molecule has 0 aromatic carbocycles. The lowest BCUT2D eigenvalue weighted by Gasteiger charge is -2.34. The minimum absolute atomic E-state index is 0.375. The number of nitrogens with zero attached hydrogens (tertiary/aromatic N) is 5. The van der Waals surface area contributed by atoms with Gasteiger partial charge in [0.1, 0.15) is 5.52 Å². The van der Waals surface area contributed by atoms with Crippen LogP contribution in [0.5, 0.6) is 5.75 Å². The van der Waals surface area contributed by atoms with Crippen molar-refractivity contribution >= 4 is 17.2 Å². The molecule has 9 nitrogen and oxygen atoms in total. The van der Waals surface area contributed by atoms with E-state index in [0.717, 1.165) is 53.7 Å². The molecule has 0 aliphatic heterocycles. The maximum atomic E-state index is 6.00. The highest BCUT2D eigenvalue weighted by Gasteiger charge is 2.32. The van der Waals surface area contributed by atoms with Crippen molar-refractivity contribution in [2.45, 2.75) is 38.5 Å². The van der Waals surface area contributed by atoms with Gasteiger partial charge in [0.15, 0.2) is 17.4 Å². The van der Waals surface area contributed by atoms with Crippen molar-refractivity contribution in [2.75, 3.05) is 11.9 Å². The van der Waals surface area contributed by atoms with Crippen LogP contribution in [0.4, 0.5) is 11.6 Å². The quantitative estimate of drug-likeness (QED) is 0.443. The highest BCUT2D eigenvalue weighted by Crippen LogP contribution is 2.42. The molecule has 5 rings (SSSR count). The van der Waals surface area contributed by atoms with E-state index in [1.54, 1.807) is 23.1 Å². The van der Waals surface area contributed by atoms with Gasteiger partial charge in [-0.1, -0.05) is 13.8 Å². The van der Waals surface area contributed by atoms with Crippen LogP contribution in [0.1, 0.15) is 49.9 Å². The molecule has 1 saturated carbocycles. The molecule has 0 amide bonds. The van der Waals surface area contributed by atoms with E-state index in [2.05, 4.69) is 55.7 Å². The van der Waals surface area contributed by atoms with Crippen LogP contribution in [0.15, 0.2) is 36.9 Å². The van der Waals surface area contributed by atoms with Gasteiger partial charge in [-0.2, -0.15) is 15.3 Å². The fourth-order valence-corrected chi connectivity index (χ4v) is 3.83. The summed E-state index contributed by atoms with van der Waals surface area (Å²) in [5.41, 5.74) is 3.13. The first kappa shape index (κ1) is 17.7. The molecule has 9 heteroatoms. The zero-order valence-electron chi connectivity index (χ0n) is 16.5. The smallest absolute Gasteiger partial charge is 0.160 e. The average molecular weight is 392 g/mol. The second kappa shape index (κ2) is 7.23. The van der Waals surface area contributed by atoms with Gasteiger partial charge in [0.25, 0.3) is 0 Å². The van der Waals surface area contributed by atoms with E-state index in [4.69, 9.17) is 4.74 Å². The van der Waals surface area contributed by atoms with Gasteiger partial charge in [-0.05, 0) is 30.7 Å². The van der Waals surface area contributed by atoms with E-state index in [9.17, 15) is 0 Å². The van der Waals surface area contributed by atoms with Gasteiger partial charge in [-0.25, -0.2) is 9.50 Å². The molecule has 0 radical (unpaired) electrons. The first-order valence-corrected chi connectivity index (χ1v) is 9.94. The first-order valence-electron chi connectivity index (χ1n) is 9.94. The molecule has 1 aliphatic carbocycles. The number of nitrogens with one attached hydrogen (secondary N) is 3. The molecular weight excluding hydrogens is 368 g/mol. The minimum atomic E-state index is 0.375. The van der Waals surface area contributed by atoms with Gasteiger partial charge in [0.2, 0.25) is 0 Å². The summed E-state index contributed by atoms with van der Waals surface area (Å²) in [6.07, 6.45) is 9.24. The normalized spacial score (nSPS) is 18.9. The second-order valence-corrected chi connectivity index (χ2v) is 7.92. The van der Waals surface area contributed by atoms with Crippen molar-refractivity contribution in [2.24, 2.45) is 5.92 Å². The van der Waals surface area contributed by atoms with E-state index in [-0.39, 0.29) is 0 Å². The Kier molecular flexibility index (Phi) is 4.42.